The van der Waals surface area contributed by atoms with Crippen LogP contribution in [0.4, 0.5) is 0 Å². The van der Waals surface area contributed by atoms with Crippen molar-refractivity contribution in [2.45, 2.75) is 25.4 Å². The molecule has 106 valence electrons. The van der Waals surface area contributed by atoms with Crippen molar-refractivity contribution in [3.63, 3.8) is 0 Å². The van der Waals surface area contributed by atoms with Gasteiger partial charge < -0.3 is 14.6 Å². The number of nitrogens with zero attached hydrogens (tertiary/aromatic N) is 2. The van der Waals surface area contributed by atoms with E-state index in [0.717, 1.165) is 36.1 Å². The van der Waals surface area contributed by atoms with Crippen LogP contribution in [0.5, 0.6) is 0 Å². The van der Waals surface area contributed by atoms with E-state index in [0.29, 0.717) is 13.2 Å². The van der Waals surface area contributed by atoms with Gasteiger partial charge in [0, 0.05) is 26.6 Å². The minimum absolute atomic E-state index is 0.00117. The van der Waals surface area contributed by atoms with E-state index in [1.807, 2.05) is 25.2 Å². The molecule has 1 amide bonds. The van der Waals surface area contributed by atoms with E-state index in [9.17, 15) is 4.79 Å². The van der Waals surface area contributed by atoms with Gasteiger partial charge in [0.1, 0.15) is 11.9 Å². The van der Waals surface area contributed by atoms with Crippen molar-refractivity contribution in [1.29, 1.82) is 0 Å². The molecule has 1 aliphatic rings. The number of benzene rings is 1. The first-order valence-corrected chi connectivity index (χ1v) is 7.05. The van der Waals surface area contributed by atoms with Gasteiger partial charge in [-0.25, -0.2) is 4.98 Å². The number of aromatic nitrogens is 2. The molecule has 0 spiro atoms. The average molecular weight is 273 g/mol. The van der Waals surface area contributed by atoms with E-state index in [1.54, 1.807) is 0 Å². The predicted octanol–water partition coefficient (Wildman–Crippen LogP) is 1.41. The summed E-state index contributed by atoms with van der Waals surface area (Å²) in [6.45, 7) is 1.29. The standard InChI is InChI=1S/C15H19N3O2/c1-18-12-6-3-2-5-11(12)17-14(18)8-9-16-15(19)13-7-4-10-20-13/h2-3,5-6,13H,4,7-10H2,1H3,(H,16,19)/t13-/m0/s1. The minimum Gasteiger partial charge on any atom is -0.368 e. The van der Waals surface area contributed by atoms with Crippen LogP contribution in [0, 0.1) is 0 Å². The van der Waals surface area contributed by atoms with E-state index in [-0.39, 0.29) is 12.0 Å². The Morgan fingerprint density at radius 1 is 1.50 bits per heavy atom. The minimum atomic E-state index is -0.254. The summed E-state index contributed by atoms with van der Waals surface area (Å²) in [7, 11) is 2.01. The number of carbonyl (C=O) groups is 1. The lowest BCUT2D eigenvalue weighted by Crippen LogP contribution is -2.35. The lowest BCUT2D eigenvalue weighted by molar-refractivity contribution is -0.129. The highest BCUT2D eigenvalue weighted by Gasteiger charge is 2.23. The molecule has 1 aliphatic heterocycles. The Hall–Kier alpha value is -1.88. The number of hydrogen-bond acceptors (Lipinski definition) is 3. The van der Waals surface area contributed by atoms with Crippen molar-refractivity contribution in [3.8, 4) is 0 Å². The van der Waals surface area contributed by atoms with E-state index in [2.05, 4.69) is 20.9 Å². The lowest BCUT2D eigenvalue weighted by atomic mass is 10.2. The van der Waals surface area contributed by atoms with Crippen LogP contribution in [0.15, 0.2) is 24.3 Å². The Morgan fingerprint density at radius 2 is 2.35 bits per heavy atom. The summed E-state index contributed by atoms with van der Waals surface area (Å²) < 4.78 is 7.43. The third-order valence-electron chi connectivity index (χ3n) is 3.75. The van der Waals surface area contributed by atoms with Gasteiger partial charge in [-0.2, -0.15) is 0 Å². The summed E-state index contributed by atoms with van der Waals surface area (Å²) in [6, 6.07) is 8.05. The van der Waals surface area contributed by atoms with Crippen LogP contribution in [-0.2, 0) is 23.0 Å². The summed E-state index contributed by atoms with van der Waals surface area (Å²) in [6.07, 6.45) is 2.28. The number of carbonyl (C=O) groups excluding carboxylic acids is 1. The lowest BCUT2D eigenvalue weighted by Gasteiger charge is -2.10. The molecule has 2 aromatic rings. The number of fused-ring (bicyclic) bond motifs is 1. The summed E-state index contributed by atoms with van der Waals surface area (Å²) >= 11 is 0. The molecule has 0 saturated carbocycles. The number of rotatable bonds is 4. The molecule has 0 bridgehead atoms. The second kappa shape index (κ2) is 5.63. The molecule has 1 fully saturated rings. The van der Waals surface area contributed by atoms with Crippen molar-refractivity contribution in [3.05, 3.63) is 30.1 Å². The molecule has 1 saturated heterocycles. The Labute approximate surface area is 117 Å². The van der Waals surface area contributed by atoms with Gasteiger partial charge in [0.25, 0.3) is 0 Å². The smallest absolute Gasteiger partial charge is 0.249 e. The topological polar surface area (TPSA) is 56.2 Å². The fraction of sp³-hybridized carbons (Fsp3) is 0.467. The third kappa shape index (κ3) is 2.54. The van der Waals surface area contributed by atoms with Crippen molar-refractivity contribution in [2.75, 3.05) is 13.2 Å². The van der Waals surface area contributed by atoms with Crippen molar-refractivity contribution >= 4 is 16.9 Å². The number of aryl methyl sites for hydroxylation is 1. The normalized spacial score (nSPS) is 18.6. The van der Waals surface area contributed by atoms with E-state index >= 15 is 0 Å². The first-order chi connectivity index (χ1) is 9.75. The molecular formula is C15H19N3O2. The van der Waals surface area contributed by atoms with Gasteiger partial charge in [-0.1, -0.05) is 12.1 Å². The highest BCUT2D eigenvalue weighted by molar-refractivity contribution is 5.81. The van der Waals surface area contributed by atoms with Crippen LogP contribution in [0.3, 0.4) is 0 Å². The second-order valence-electron chi connectivity index (χ2n) is 5.12. The molecule has 2 heterocycles. The average Bonchev–Trinajstić information content (AvgIpc) is 3.09. The number of nitrogens with one attached hydrogen (secondary N) is 1. The zero-order valence-electron chi connectivity index (χ0n) is 11.6. The molecule has 1 aromatic heterocycles. The SMILES string of the molecule is Cn1c(CCNC(=O)[C@@H]2CCCO2)nc2ccccc21. The van der Waals surface area contributed by atoms with Gasteiger partial charge in [-0.15, -0.1) is 0 Å². The highest BCUT2D eigenvalue weighted by atomic mass is 16.5. The fourth-order valence-electron chi connectivity index (χ4n) is 2.61. The number of ether oxygens (including phenoxy) is 1. The van der Waals surface area contributed by atoms with Gasteiger partial charge in [-0.3, -0.25) is 4.79 Å². The van der Waals surface area contributed by atoms with Crippen molar-refractivity contribution < 1.29 is 9.53 Å². The third-order valence-corrected chi connectivity index (χ3v) is 3.75. The first-order valence-electron chi connectivity index (χ1n) is 7.05. The van der Waals surface area contributed by atoms with Gasteiger partial charge in [0.2, 0.25) is 5.91 Å². The number of amides is 1. The summed E-state index contributed by atoms with van der Waals surface area (Å²) in [5.41, 5.74) is 2.11. The maximum absolute atomic E-state index is 11.8. The molecule has 0 aliphatic carbocycles. The summed E-state index contributed by atoms with van der Waals surface area (Å²) in [5.74, 6) is 0.986. The van der Waals surface area contributed by atoms with Crippen LogP contribution in [0.2, 0.25) is 0 Å². The van der Waals surface area contributed by atoms with E-state index < -0.39 is 0 Å². The van der Waals surface area contributed by atoms with Crippen LogP contribution in [0.25, 0.3) is 11.0 Å². The zero-order chi connectivity index (χ0) is 13.9. The molecule has 5 heteroatoms. The zero-order valence-corrected chi connectivity index (χ0v) is 11.6. The Balaban J connectivity index is 1.59. The Morgan fingerprint density at radius 3 is 3.10 bits per heavy atom. The van der Waals surface area contributed by atoms with Crippen molar-refractivity contribution in [1.82, 2.24) is 14.9 Å². The molecule has 0 radical (unpaired) electrons. The predicted molar refractivity (Wildman–Crippen MR) is 76.4 cm³/mol. The summed E-state index contributed by atoms with van der Waals surface area (Å²) in [5, 5.41) is 2.93. The molecule has 1 aromatic carbocycles. The number of hydrogen-bond donors (Lipinski definition) is 1. The maximum atomic E-state index is 11.8. The molecule has 1 atom stereocenters. The van der Waals surface area contributed by atoms with Crippen LogP contribution in [0.1, 0.15) is 18.7 Å². The molecule has 20 heavy (non-hydrogen) atoms. The largest absolute Gasteiger partial charge is 0.368 e. The van der Waals surface area contributed by atoms with Crippen molar-refractivity contribution in [2.24, 2.45) is 7.05 Å². The van der Waals surface area contributed by atoms with Crippen LogP contribution in [-0.4, -0.2) is 34.7 Å². The Kier molecular flexibility index (Phi) is 3.69. The van der Waals surface area contributed by atoms with Gasteiger partial charge in [-0.05, 0) is 25.0 Å². The van der Waals surface area contributed by atoms with Gasteiger partial charge in [0.15, 0.2) is 0 Å². The quantitative estimate of drug-likeness (QED) is 0.916. The number of imidazole rings is 1. The van der Waals surface area contributed by atoms with E-state index in [1.165, 1.54) is 0 Å². The highest BCUT2D eigenvalue weighted by Crippen LogP contribution is 2.14. The molecular weight excluding hydrogens is 254 g/mol. The van der Waals surface area contributed by atoms with Crippen LogP contribution < -0.4 is 5.32 Å². The molecule has 0 unspecified atom stereocenters. The van der Waals surface area contributed by atoms with Crippen LogP contribution >= 0.6 is 0 Å². The maximum Gasteiger partial charge on any atom is 0.249 e. The molecule has 3 rings (SSSR count). The van der Waals surface area contributed by atoms with E-state index in [4.69, 9.17) is 4.74 Å². The van der Waals surface area contributed by atoms with Gasteiger partial charge in [0.05, 0.1) is 11.0 Å². The first kappa shape index (κ1) is 13.1. The summed E-state index contributed by atoms with van der Waals surface area (Å²) in [4.78, 5) is 16.4. The second-order valence-corrected chi connectivity index (χ2v) is 5.12. The molecule has 5 nitrogen and oxygen atoms in total. The number of para-hydroxylation sites is 2. The Bertz CT molecular complexity index is 615. The molecule has 1 N–H and O–H groups in total. The van der Waals surface area contributed by atoms with Gasteiger partial charge >= 0.3 is 0 Å². The fourth-order valence-corrected chi connectivity index (χ4v) is 2.61. The monoisotopic (exact) mass is 273 g/mol.